The maximum absolute atomic E-state index is 13.2. The number of nitrogens with zero attached hydrogens (tertiary/aromatic N) is 3. The molecular formula is C18H15BrClFN4O2S. The summed E-state index contributed by atoms with van der Waals surface area (Å²) < 4.78 is 21.6. The highest BCUT2D eigenvalue weighted by Gasteiger charge is 2.13. The quantitative estimate of drug-likeness (QED) is 0.492. The number of halogens is 3. The lowest BCUT2D eigenvalue weighted by Crippen LogP contribution is -2.14. The van der Waals surface area contributed by atoms with Crippen LogP contribution in [0.2, 0.25) is 5.02 Å². The number of carbonyl (C=O) groups is 1. The van der Waals surface area contributed by atoms with Crippen molar-refractivity contribution in [2.75, 3.05) is 11.1 Å². The summed E-state index contributed by atoms with van der Waals surface area (Å²) in [6.45, 7) is 0.256. The van der Waals surface area contributed by atoms with E-state index in [9.17, 15) is 9.18 Å². The lowest BCUT2D eigenvalue weighted by molar-refractivity contribution is -0.113. The van der Waals surface area contributed by atoms with Crippen molar-refractivity contribution in [3.05, 3.63) is 63.6 Å². The fraction of sp³-hybridized carbons (Fsp3) is 0.167. The first-order valence-electron chi connectivity index (χ1n) is 8.06. The van der Waals surface area contributed by atoms with Gasteiger partial charge >= 0.3 is 0 Å². The standard InChI is InChI=1S/C18H15BrClFN4O2S/c1-25-16(9-27-13-5-2-11(19)3-6-13)23-24-18(25)28-10-17(26)22-12-4-7-15(21)14(20)8-12/h2-8H,9-10H2,1H3,(H,22,26). The Morgan fingerprint density at radius 3 is 2.75 bits per heavy atom. The van der Waals surface area contributed by atoms with E-state index in [0.29, 0.717) is 16.7 Å². The minimum Gasteiger partial charge on any atom is -0.486 e. The van der Waals surface area contributed by atoms with Crippen LogP contribution < -0.4 is 10.1 Å². The first kappa shape index (κ1) is 20.6. The Bertz CT molecular complexity index is 984. The summed E-state index contributed by atoms with van der Waals surface area (Å²) in [5, 5.41) is 11.4. The van der Waals surface area contributed by atoms with Crippen molar-refractivity contribution < 1.29 is 13.9 Å². The first-order valence-corrected chi connectivity index (χ1v) is 10.2. The summed E-state index contributed by atoms with van der Waals surface area (Å²) in [7, 11) is 1.81. The number of rotatable bonds is 7. The summed E-state index contributed by atoms with van der Waals surface area (Å²) in [6, 6.07) is 11.5. The summed E-state index contributed by atoms with van der Waals surface area (Å²) in [6.07, 6.45) is 0. The molecule has 0 saturated carbocycles. The molecule has 2 aromatic carbocycles. The first-order chi connectivity index (χ1) is 13.4. The lowest BCUT2D eigenvalue weighted by atomic mass is 10.3. The van der Waals surface area contributed by atoms with Gasteiger partial charge in [-0.15, -0.1) is 10.2 Å². The molecule has 0 radical (unpaired) electrons. The Morgan fingerprint density at radius 2 is 2.04 bits per heavy atom. The lowest BCUT2D eigenvalue weighted by Gasteiger charge is -2.07. The maximum atomic E-state index is 13.2. The number of benzene rings is 2. The minimum atomic E-state index is -0.536. The second kappa shape index (κ2) is 9.40. The number of aromatic nitrogens is 3. The molecule has 0 bridgehead atoms. The average molecular weight is 486 g/mol. The Labute approximate surface area is 178 Å². The van der Waals surface area contributed by atoms with E-state index in [4.69, 9.17) is 16.3 Å². The van der Waals surface area contributed by atoms with Crippen LogP contribution in [0.4, 0.5) is 10.1 Å². The average Bonchev–Trinajstić information content (AvgIpc) is 3.02. The molecule has 6 nitrogen and oxygen atoms in total. The van der Waals surface area contributed by atoms with E-state index < -0.39 is 5.82 Å². The molecule has 0 aliphatic rings. The molecule has 0 saturated heterocycles. The van der Waals surface area contributed by atoms with Gasteiger partial charge in [-0.1, -0.05) is 39.3 Å². The molecule has 10 heteroatoms. The largest absolute Gasteiger partial charge is 0.486 e. The molecule has 3 aromatic rings. The number of ether oxygens (including phenoxy) is 1. The van der Waals surface area contributed by atoms with E-state index in [0.717, 1.165) is 10.2 Å². The molecule has 3 rings (SSSR count). The number of amides is 1. The van der Waals surface area contributed by atoms with E-state index in [-0.39, 0.29) is 23.3 Å². The molecule has 146 valence electrons. The Balaban J connectivity index is 1.52. The van der Waals surface area contributed by atoms with Crippen LogP contribution in [-0.4, -0.2) is 26.4 Å². The van der Waals surface area contributed by atoms with Gasteiger partial charge in [-0.25, -0.2) is 4.39 Å². The Morgan fingerprint density at radius 1 is 1.29 bits per heavy atom. The number of hydrogen-bond acceptors (Lipinski definition) is 5. The maximum Gasteiger partial charge on any atom is 0.234 e. The second-order valence-electron chi connectivity index (χ2n) is 5.67. The van der Waals surface area contributed by atoms with Crippen LogP contribution in [0.15, 0.2) is 52.1 Å². The molecule has 1 heterocycles. The predicted octanol–water partition coefficient (Wildman–Crippen LogP) is 4.68. The molecule has 0 unspecified atom stereocenters. The van der Waals surface area contributed by atoms with Crippen molar-refractivity contribution in [1.82, 2.24) is 14.8 Å². The van der Waals surface area contributed by atoms with Crippen LogP contribution in [-0.2, 0) is 18.4 Å². The Hall–Kier alpha value is -2.10. The van der Waals surface area contributed by atoms with Gasteiger partial charge in [0.2, 0.25) is 5.91 Å². The number of thioether (sulfide) groups is 1. The molecule has 28 heavy (non-hydrogen) atoms. The van der Waals surface area contributed by atoms with Crippen molar-refractivity contribution in [3.8, 4) is 5.75 Å². The monoisotopic (exact) mass is 484 g/mol. The molecule has 0 spiro atoms. The molecule has 1 N–H and O–H groups in total. The van der Waals surface area contributed by atoms with Gasteiger partial charge in [-0.2, -0.15) is 0 Å². The minimum absolute atomic E-state index is 0.0471. The van der Waals surface area contributed by atoms with Gasteiger partial charge in [0.15, 0.2) is 11.0 Å². The third-order valence-corrected chi connectivity index (χ3v) is 5.48. The second-order valence-corrected chi connectivity index (χ2v) is 7.93. The topological polar surface area (TPSA) is 69.0 Å². The molecule has 0 aliphatic carbocycles. The molecular weight excluding hydrogens is 471 g/mol. The fourth-order valence-electron chi connectivity index (χ4n) is 2.18. The fourth-order valence-corrected chi connectivity index (χ4v) is 3.35. The highest BCUT2D eigenvalue weighted by molar-refractivity contribution is 9.10. The van der Waals surface area contributed by atoms with Crippen molar-refractivity contribution in [2.45, 2.75) is 11.8 Å². The predicted molar refractivity (Wildman–Crippen MR) is 110 cm³/mol. The van der Waals surface area contributed by atoms with Gasteiger partial charge < -0.3 is 14.6 Å². The highest BCUT2D eigenvalue weighted by atomic mass is 79.9. The van der Waals surface area contributed by atoms with E-state index in [1.54, 1.807) is 11.6 Å². The van der Waals surface area contributed by atoms with E-state index in [2.05, 4.69) is 31.4 Å². The van der Waals surface area contributed by atoms with Crippen molar-refractivity contribution in [3.63, 3.8) is 0 Å². The molecule has 1 aromatic heterocycles. The van der Waals surface area contributed by atoms with Crippen LogP contribution >= 0.6 is 39.3 Å². The van der Waals surface area contributed by atoms with Gasteiger partial charge in [0.25, 0.3) is 0 Å². The normalized spacial score (nSPS) is 10.7. The third kappa shape index (κ3) is 5.46. The van der Waals surface area contributed by atoms with Crippen LogP contribution in [0.1, 0.15) is 5.82 Å². The SMILES string of the molecule is Cn1c(COc2ccc(Br)cc2)nnc1SCC(=O)Nc1ccc(F)c(Cl)c1. The van der Waals surface area contributed by atoms with Crippen molar-refractivity contribution in [2.24, 2.45) is 7.05 Å². The summed E-state index contributed by atoms with van der Waals surface area (Å²) >= 11 is 10.3. The van der Waals surface area contributed by atoms with Gasteiger partial charge in [0.1, 0.15) is 18.2 Å². The highest BCUT2D eigenvalue weighted by Crippen LogP contribution is 2.21. The molecule has 1 amide bonds. The van der Waals surface area contributed by atoms with Gasteiger partial charge in [0, 0.05) is 17.2 Å². The number of nitrogens with one attached hydrogen (secondary N) is 1. The summed E-state index contributed by atoms with van der Waals surface area (Å²) in [4.78, 5) is 12.1. The zero-order valence-corrected chi connectivity index (χ0v) is 17.8. The van der Waals surface area contributed by atoms with Crippen LogP contribution in [0, 0.1) is 5.82 Å². The molecule has 0 atom stereocenters. The third-order valence-electron chi connectivity index (χ3n) is 3.64. The van der Waals surface area contributed by atoms with E-state index in [1.165, 1.54) is 30.0 Å². The van der Waals surface area contributed by atoms with Crippen LogP contribution in [0.3, 0.4) is 0 Å². The van der Waals surface area contributed by atoms with Crippen LogP contribution in [0.25, 0.3) is 0 Å². The number of anilines is 1. The van der Waals surface area contributed by atoms with Gasteiger partial charge in [-0.05, 0) is 42.5 Å². The zero-order valence-electron chi connectivity index (χ0n) is 14.7. The van der Waals surface area contributed by atoms with Gasteiger partial charge in [-0.3, -0.25) is 4.79 Å². The van der Waals surface area contributed by atoms with Gasteiger partial charge in [0.05, 0.1) is 10.8 Å². The van der Waals surface area contributed by atoms with E-state index >= 15 is 0 Å². The Kier molecular flexibility index (Phi) is 6.93. The molecule has 0 aliphatic heterocycles. The zero-order chi connectivity index (χ0) is 20.1. The van der Waals surface area contributed by atoms with Crippen molar-refractivity contribution in [1.29, 1.82) is 0 Å². The molecule has 0 fully saturated rings. The number of carbonyl (C=O) groups excluding carboxylic acids is 1. The number of hydrogen-bond donors (Lipinski definition) is 1. The van der Waals surface area contributed by atoms with Crippen LogP contribution in [0.5, 0.6) is 5.75 Å². The smallest absolute Gasteiger partial charge is 0.234 e. The summed E-state index contributed by atoms with van der Waals surface area (Å²) in [5.74, 6) is 0.678. The van der Waals surface area contributed by atoms with Crippen molar-refractivity contribution >= 4 is 50.9 Å². The van der Waals surface area contributed by atoms with E-state index in [1.807, 2.05) is 24.3 Å². The summed E-state index contributed by atoms with van der Waals surface area (Å²) in [5.41, 5.74) is 0.429.